The molecule has 0 unspecified atom stereocenters. The van der Waals surface area contributed by atoms with Crippen LogP contribution in [0.25, 0.3) is 0 Å². The highest BCUT2D eigenvalue weighted by molar-refractivity contribution is 8.13. The second kappa shape index (κ2) is 11.7. The van der Waals surface area contributed by atoms with E-state index in [9.17, 15) is 4.79 Å². The average molecular weight is 525 g/mol. The van der Waals surface area contributed by atoms with Crippen molar-refractivity contribution in [1.82, 2.24) is 5.32 Å². The van der Waals surface area contributed by atoms with Crippen molar-refractivity contribution in [2.45, 2.75) is 25.6 Å². The monoisotopic (exact) mass is 524 g/mol. The summed E-state index contributed by atoms with van der Waals surface area (Å²) in [5, 5.41) is 5.01. The van der Waals surface area contributed by atoms with Crippen molar-refractivity contribution < 1.29 is 23.7 Å². The third-order valence-electron chi connectivity index (χ3n) is 5.10. The largest absolute Gasteiger partial charge is 0.493 e. The number of halogens is 2. The highest BCUT2D eigenvalue weighted by Crippen LogP contribution is 2.43. The lowest BCUT2D eigenvalue weighted by Crippen LogP contribution is -2.30. The number of aliphatic imine (C=N–C) groups is 1. The minimum Gasteiger partial charge on any atom is -0.493 e. The molecule has 1 aliphatic heterocycles. The van der Waals surface area contributed by atoms with Crippen LogP contribution in [0, 0.1) is 0 Å². The van der Waals surface area contributed by atoms with E-state index in [-0.39, 0.29) is 6.61 Å². The number of hydrogen-bond donors (Lipinski definition) is 1. The number of nitrogens with one attached hydrogen (secondary N) is 1. The number of thioether (sulfide) groups is 1. The molecule has 0 aliphatic carbocycles. The van der Waals surface area contributed by atoms with Crippen molar-refractivity contribution in [3.05, 3.63) is 62.8 Å². The van der Waals surface area contributed by atoms with Crippen LogP contribution in [-0.4, -0.2) is 39.1 Å². The predicted molar refractivity (Wildman–Crippen MR) is 136 cm³/mol. The lowest BCUT2D eigenvalue weighted by atomic mass is 9.96. The summed E-state index contributed by atoms with van der Waals surface area (Å²) in [6, 6.07) is 8.30. The molecule has 7 nitrogen and oxygen atoms in total. The molecule has 34 heavy (non-hydrogen) atoms. The van der Waals surface area contributed by atoms with Gasteiger partial charge in [0.25, 0.3) is 0 Å². The lowest BCUT2D eigenvalue weighted by Gasteiger charge is -2.26. The van der Waals surface area contributed by atoms with E-state index >= 15 is 0 Å². The molecule has 1 heterocycles. The molecule has 0 saturated heterocycles. The summed E-state index contributed by atoms with van der Waals surface area (Å²) >= 11 is 13.8. The second-order valence-electron chi connectivity index (χ2n) is 7.20. The minimum atomic E-state index is -0.641. The average Bonchev–Trinajstić information content (AvgIpc) is 2.82. The Balaban J connectivity index is 2.02. The third kappa shape index (κ3) is 5.74. The first kappa shape index (κ1) is 26.1. The molecule has 1 N–H and O–H groups in total. The number of allylic oxidation sites excluding steroid dienone is 1. The van der Waals surface area contributed by atoms with Crippen molar-refractivity contribution >= 4 is 46.1 Å². The number of ether oxygens (including phenoxy) is 4. The van der Waals surface area contributed by atoms with Crippen LogP contribution < -0.4 is 19.5 Å². The number of nitrogens with zero attached hydrogens (tertiary/aromatic N) is 1. The summed E-state index contributed by atoms with van der Waals surface area (Å²) in [5.74, 6) is 1.50. The Hall–Kier alpha value is -2.55. The zero-order valence-electron chi connectivity index (χ0n) is 19.5. The molecule has 0 bridgehead atoms. The Bertz CT molecular complexity index is 1110. The maximum absolute atomic E-state index is 12.9. The zero-order chi connectivity index (χ0) is 24.8. The lowest BCUT2D eigenvalue weighted by molar-refractivity contribution is -0.138. The fraction of sp³-hybridized carbons (Fsp3) is 0.333. The van der Waals surface area contributed by atoms with Gasteiger partial charge in [-0.2, -0.15) is 0 Å². The van der Waals surface area contributed by atoms with Gasteiger partial charge in [0.05, 0.1) is 33.5 Å². The van der Waals surface area contributed by atoms with Gasteiger partial charge in [-0.05, 0) is 49.2 Å². The van der Waals surface area contributed by atoms with Crippen molar-refractivity contribution in [2.75, 3.05) is 27.9 Å². The quantitative estimate of drug-likeness (QED) is 0.437. The van der Waals surface area contributed by atoms with Gasteiger partial charge in [0.2, 0.25) is 5.75 Å². The molecule has 0 aromatic heterocycles. The number of carbonyl (C=O) groups is 1. The normalized spacial score (nSPS) is 15.4. The fourth-order valence-corrected chi connectivity index (χ4v) is 4.98. The number of hydrogen-bond acceptors (Lipinski definition) is 8. The molecule has 0 fully saturated rings. The Morgan fingerprint density at radius 2 is 1.76 bits per heavy atom. The van der Waals surface area contributed by atoms with Crippen LogP contribution in [0.3, 0.4) is 0 Å². The van der Waals surface area contributed by atoms with E-state index in [4.69, 9.17) is 47.1 Å². The molecule has 2 aromatic rings. The molecule has 0 amide bonds. The Labute approximate surface area is 213 Å². The summed E-state index contributed by atoms with van der Waals surface area (Å²) in [7, 11) is 4.61. The van der Waals surface area contributed by atoms with Crippen molar-refractivity contribution in [1.29, 1.82) is 0 Å². The van der Waals surface area contributed by atoms with E-state index in [1.807, 2.05) is 13.0 Å². The van der Waals surface area contributed by atoms with Crippen LogP contribution in [-0.2, 0) is 15.3 Å². The number of methoxy groups -OCH3 is 3. The van der Waals surface area contributed by atoms with Gasteiger partial charge in [0.15, 0.2) is 16.7 Å². The molecule has 3 rings (SSSR count). The van der Waals surface area contributed by atoms with Crippen molar-refractivity contribution in [3.8, 4) is 17.2 Å². The number of benzene rings is 2. The fourth-order valence-electron chi connectivity index (χ4n) is 3.48. The Kier molecular flexibility index (Phi) is 8.99. The van der Waals surface area contributed by atoms with Crippen LogP contribution in [0.1, 0.15) is 31.0 Å². The minimum absolute atomic E-state index is 0.248. The maximum Gasteiger partial charge on any atom is 0.338 e. The number of carbonyl (C=O) groups excluding carboxylic acids is 1. The highest BCUT2D eigenvalue weighted by Gasteiger charge is 2.32. The molecule has 10 heteroatoms. The molecule has 0 radical (unpaired) electrons. The van der Waals surface area contributed by atoms with Crippen molar-refractivity contribution in [2.24, 2.45) is 4.99 Å². The summed E-state index contributed by atoms with van der Waals surface area (Å²) in [4.78, 5) is 17.7. The van der Waals surface area contributed by atoms with Gasteiger partial charge in [-0.25, -0.2) is 9.79 Å². The summed E-state index contributed by atoms with van der Waals surface area (Å²) in [6.07, 6.45) is 0. The molecular weight excluding hydrogens is 499 g/mol. The topological polar surface area (TPSA) is 78.4 Å². The molecule has 182 valence electrons. The number of amidine groups is 1. The van der Waals surface area contributed by atoms with Gasteiger partial charge in [-0.1, -0.05) is 41.0 Å². The van der Waals surface area contributed by atoms with E-state index in [1.165, 1.54) is 33.1 Å². The first-order valence-corrected chi connectivity index (χ1v) is 12.2. The molecule has 0 saturated carbocycles. The molecule has 1 aliphatic rings. The van der Waals surface area contributed by atoms with Crippen LogP contribution in [0.5, 0.6) is 17.2 Å². The Morgan fingerprint density at radius 3 is 2.32 bits per heavy atom. The predicted octanol–water partition coefficient (Wildman–Crippen LogP) is 5.79. The standard InChI is InChI=1S/C24H26Cl2N2O5S/c1-6-33-23(29)20-13(2)27-24(34-12-14-7-8-16(25)11-17(14)26)28-21(20)15-9-18(30-3)22(32-5)19(10-15)31-4/h7-11,21H,6,12H2,1-5H3,(H,27,28)/t21-/m1/s1. The van der Waals surface area contributed by atoms with E-state index in [2.05, 4.69) is 5.32 Å². The smallest absolute Gasteiger partial charge is 0.338 e. The first-order valence-electron chi connectivity index (χ1n) is 10.4. The molecule has 0 spiro atoms. The van der Waals surface area contributed by atoms with Crippen LogP contribution in [0.2, 0.25) is 10.0 Å². The van der Waals surface area contributed by atoms with E-state index in [0.29, 0.717) is 55.0 Å². The van der Waals surface area contributed by atoms with Gasteiger partial charge in [-0.15, -0.1) is 0 Å². The van der Waals surface area contributed by atoms with Crippen LogP contribution >= 0.6 is 35.0 Å². The summed E-state index contributed by atoms with van der Waals surface area (Å²) in [6.45, 7) is 3.83. The molecule has 1 atom stereocenters. The van der Waals surface area contributed by atoms with Crippen LogP contribution in [0.4, 0.5) is 0 Å². The molecule has 2 aromatic carbocycles. The van der Waals surface area contributed by atoms with Gasteiger partial charge in [0, 0.05) is 21.5 Å². The molecular formula is C24H26Cl2N2O5S. The third-order valence-corrected chi connectivity index (χ3v) is 6.62. The van der Waals surface area contributed by atoms with Gasteiger partial charge in [-0.3, -0.25) is 0 Å². The maximum atomic E-state index is 12.9. The second-order valence-corrected chi connectivity index (χ2v) is 9.01. The first-order chi connectivity index (χ1) is 16.3. The van der Waals surface area contributed by atoms with Crippen molar-refractivity contribution in [3.63, 3.8) is 0 Å². The van der Waals surface area contributed by atoms with Gasteiger partial charge in [0.1, 0.15) is 6.04 Å². The number of rotatable bonds is 8. The summed E-state index contributed by atoms with van der Waals surface area (Å²) in [5.41, 5.74) is 2.67. The highest BCUT2D eigenvalue weighted by atomic mass is 35.5. The van der Waals surface area contributed by atoms with Gasteiger partial charge >= 0.3 is 5.97 Å². The summed E-state index contributed by atoms with van der Waals surface area (Å²) < 4.78 is 21.8. The Morgan fingerprint density at radius 1 is 1.09 bits per heavy atom. The van der Waals surface area contributed by atoms with E-state index < -0.39 is 12.0 Å². The van der Waals surface area contributed by atoms with Crippen LogP contribution in [0.15, 0.2) is 46.6 Å². The number of esters is 1. The van der Waals surface area contributed by atoms with E-state index in [0.717, 1.165) is 5.56 Å². The SMILES string of the molecule is CCOC(=O)C1=C(C)NC(SCc2ccc(Cl)cc2Cl)=N[C@@H]1c1cc(OC)c(OC)c(OC)c1. The zero-order valence-corrected chi connectivity index (χ0v) is 21.9. The van der Waals surface area contributed by atoms with Gasteiger partial charge < -0.3 is 24.3 Å². The van der Waals surface area contributed by atoms with E-state index in [1.54, 1.807) is 31.2 Å².